The molecule has 2 rings (SSSR count). The normalized spacial score (nSPS) is 24.9. The van der Waals surface area contributed by atoms with E-state index in [1.807, 2.05) is 6.07 Å². The number of hydrogen-bond donors (Lipinski definition) is 0. The summed E-state index contributed by atoms with van der Waals surface area (Å²) in [4.78, 5) is 0. The molecule has 0 radical (unpaired) electrons. The van der Waals surface area contributed by atoms with E-state index in [4.69, 9.17) is 4.74 Å². The Bertz CT molecular complexity index is 369. The molecule has 1 aromatic carbocycles. The lowest BCUT2D eigenvalue weighted by Gasteiger charge is -2.28. The van der Waals surface area contributed by atoms with Crippen LogP contribution in [0.15, 0.2) is 18.2 Å². The van der Waals surface area contributed by atoms with Gasteiger partial charge in [-0.15, -0.1) is 0 Å². The van der Waals surface area contributed by atoms with E-state index in [-0.39, 0.29) is 6.61 Å². The van der Waals surface area contributed by atoms with Crippen LogP contribution in [0.2, 0.25) is 0 Å². The van der Waals surface area contributed by atoms with Gasteiger partial charge in [-0.05, 0) is 30.0 Å². The largest absolute Gasteiger partial charge is 0.490 e. The topological polar surface area (TPSA) is 9.23 Å². The molecule has 1 atom stereocenters. The minimum atomic E-state index is -1.22. The maximum absolute atomic E-state index is 13.8. The number of benzene rings is 1. The zero-order valence-corrected chi connectivity index (χ0v) is 9.51. The Morgan fingerprint density at radius 3 is 2.80 bits per heavy atom. The second-order valence-electron chi connectivity index (χ2n) is 4.90. The van der Waals surface area contributed by atoms with E-state index in [0.29, 0.717) is 12.3 Å². The van der Waals surface area contributed by atoms with Crippen LogP contribution in [0.25, 0.3) is 0 Å². The van der Waals surface area contributed by atoms with Crippen molar-refractivity contribution in [1.82, 2.24) is 0 Å². The van der Waals surface area contributed by atoms with Crippen molar-refractivity contribution in [3.8, 4) is 5.75 Å². The van der Waals surface area contributed by atoms with Crippen LogP contribution in [0.4, 0.5) is 4.39 Å². The van der Waals surface area contributed by atoms with Gasteiger partial charge < -0.3 is 4.74 Å². The molecule has 0 N–H and O–H groups in total. The lowest BCUT2D eigenvalue weighted by atomic mass is 9.92. The predicted octanol–water partition coefficient (Wildman–Crippen LogP) is 3.47. The first kappa shape index (κ1) is 10.5. The van der Waals surface area contributed by atoms with Crippen molar-refractivity contribution in [2.45, 2.75) is 38.8 Å². The molecule has 1 aliphatic heterocycles. The molecule has 0 amide bonds. The fraction of sp³-hybridized carbons (Fsp3) is 0.538. The third kappa shape index (κ3) is 2.14. The molecule has 1 aromatic rings. The number of alkyl halides is 1. The van der Waals surface area contributed by atoms with Crippen LogP contribution in [0.1, 0.15) is 37.8 Å². The molecular weight excluding hydrogens is 191 g/mol. The molecule has 1 aliphatic rings. The van der Waals surface area contributed by atoms with Crippen molar-refractivity contribution in [1.29, 1.82) is 0 Å². The van der Waals surface area contributed by atoms with Crippen LogP contribution in [-0.2, 0) is 6.42 Å². The molecule has 1 unspecified atom stereocenters. The van der Waals surface area contributed by atoms with Crippen LogP contribution in [-0.4, -0.2) is 12.3 Å². The summed E-state index contributed by atoms with van der Waals surface area (Å²) in [6, 6.07) is 6.08. The molecule has 15 heavy (non-hydrogen) atoms. The van der Waals surface area contributed by atoms with Gasteiger partial charge in [-0.2, -0.15) is 0 Å². The Kier molecular flexibility index (Phi) is 2.45. The highest BCUT2D eigenvalue weighted by Gasteiger charge is 2.30. The van der Waals surface area contributed by atoms with Crippen molar-refractivity contribution in [3.63, 3.8) is 0 Å². The second kappa shape index (κ2) is 3.51. The molecule has 0 saturated heterocycles. The molecular formula is C13H17FO. The smallest absolute Gasteiger partial charge is 0.146 e. The van der Waals surface area contributed by atoms with E-state index >= 15 is 0 Å². The van der Waals surface area contributed by atoms with Gasteiger partial charge in [0.05, 0.1) is 0 Å². The average Bonchev–Trinajstić information content (AvgIpc) is 2.15. The standard InChI is InChI=1S/C13H17FO/c1-9(2)10-4-5-12-11(6-10)7-13(3,14)8-15-12/h4-6,9H,7-8H2,1-3H3. The summed E-state index contributed by atoms with van der Waals surface area (Å²) < 4.78 is 19.2. The number of halogens is 1. The van der Waals surface area contributed by atoms with Gasteiger partial charge in [0.2, 0.25) is 0 Å². The van der Waals surface area contributed by atoms with Crippen molar-refractivity contribution < 1.29 is 9.13 Å². The molecule has 1 nitrogen and oxygen atoms in total. The van der Waals surface area contributed by atoms with Gasteiger partial charge in [-0.25, -0.2) is 4.39 Å². The van der Waals surface area contributed by atoms with Crippen molar-refractivity contribution in [2.75, 3.05) is 6.61 Å². The minimum absolute atomic E-state index is 0.168. The van der Waals surface area contributed by atoms with E-state index in [2.05, 4.69) is 26.0 Å². The maximum Gasteiger partial charge on any atom is 0.146 e. The fourth-order valence-electron chi connectivity index (χ4n) is 1.91. The minimum Gasteiger partial charge on any atom is -0.490 e. The highest BCUT2D eigenvalue weighted by atomic mass is 19.1. The molecule has 0 saturated carbocycles. The number of ether oxygens (including phenoxy) is 1. The lowest BCUT2D eigenvalue weighted by Crippen LogP contribution is -2.34. The van der Waals surface area contributed by atoms with Gasteiger partial charge in [0.25, 0.3) is 0 Å². The highest BCUT2D eigenvalue weighted by molar-refractivity contribution is 5.40. The second-order valence-corrected chi connectivity index (χ2v) is 4.90. The summed E-state index contributed by atoms with van der Waals surface area (Å²) in [7, 11) is 0. The molecule has 0 aliphatic carbocycles. The molecule has 2 heteroatoms. The van der Waals surface area contributed by atoms with Gasteiger partial charge >= 0.3 is 0 Å². The summed E-state index contributed by atoms with van der Waals surface area (Å²) in [5.41, 5.74) is 1.02. The van der Waals surface area contributed by atoms with Gasteiger partial charge in [-0.3, -0.25) is 0 Å². The SMILES string of the molecule is CC(C)c1ccc2c(c1)CC(C)(F)CO2. The number of fused-ring (bicyclic) bond motifs is 1. The van der Waals surface area contributed by atoms with Gasteiger partial charge in [-0.1, -0.05) is 26.0 Å². The van der Waals surface area contributed by atoms with E-state index in [1.54, 1.807) is 6.92 Å². The zero-order chi connectivity index (χ0) is 11.1. The Balaban J connectivity index is 2.35. The summed E-state index contributed by atoms with van der Waals surface area (Å²) in [6.07, 6.45) is 0.461. The lowest BCUT2D eigenvalue weighted by molar-refractivity contribution is 0.0844. The third-order valence-electron chi connectivity index (χ3n) is 2.84. The summed E-state index contributed by atoms with van der Waals surface area (Å²) in [5.74, 6) is 1.32. The predicted molar refractivity (Wildman–Crippen MR) is 59.2 cm³/mol. The Hall–Kier alpha value is -1.05. The first-order chi connectivity index (χ1) is 6.98. The number of hydrogen-bond acceptors (Lipinski definition) is 1. The third-order valence-corrected chi connectivity index (χ3v) is 2.84. The van der Waals surface area contributed by atoms with E-state index < -0.39 is 5.67 Å². The summed E-state index contributed by atoms with van der Waals surface area (Å²) in [5, 5.41) is 0. The van der Waals surface area contributed by atoms with Gasteiger partial charge in [0.1, 0.15) is 18.0 Å². The van der Waals surface area contributed by atoms with Crippen molar-refractivity contribution in [3.05, 3.63) is 29.3 Å². The average molecular weight is 208 g/mol. The molecule has 0 aromatic heterocycles. The highest BCUT2D eigenvalue weighted by Crippen LogP contribution is 2.33. The van der Waals surface area contributed by atoms with E-state index in [0.717, 1.165) is 11.3 Å². The van der Waals surface area contributed by atoms with Crippen molar-refractivity contribution >= 4 is 0 Å². The molecule has 0 bridgehead atoms. The van der Waals surface area contributed by atoms with Crippen molar-refractivity contribution in [2.24, 2.45) is 0 Å². The molecule has 0 spiro atoms. The van der Waals surface area contributed by atoms with Crippen LogP contribution >= 0.6 is 0 Å². The number of rotatable bonds is 1. The van der Waals surface area contributed by atoms with Crippen LogP contribution < -0.4 is 4.74 Å². The van der Waals surface area contributed by atoms with Gasteiger partial charge in [0, 0.05) is 6.42 Å². The van der Waals surface area contributed by atoms with Gasteiger partial charge in [0.15, 0.2) is 0 Å². The Morgan fingerprint density at radius 2 is 2.13 bits per heavy atom. The van der Waals surface area contributed by atoms with E-state index in [9.17, 15) is 4.39 Å². The quantitative estimate of drug-likeness (QED) is 0.686. The first-order valence-electron chi connectivity index (χ1n) is 5.42. The van der Waals surface area contributed by atoms with E-state index in [1.165, 1.54) is 5.56 Å². The summed E-state index contributed by atoms with van der Waals surface area (Å²) >= 11 is 0. The molecule has 82 valence electrons. The first-order valence-corrected chi connectivity index (χ1v) is 5.42. The monoisotopic (exact) mass is 208 g/mol. The van der Waals surface area contributed by atoms with Crippen LogP contribution in [0, 0.1) is 0 Å². The summed E-state index contributed by atoms with van der Waals surface area (Å²) in [6.45, 7) is 6.04. The van der Waals surface area contributed by atoms with Crippen LogP contribution in [0.5, 0.6) is 5.75 Å². The Labute approximate surface area is 90.3 Å². The fourth-order valence-corrected chi connectivity index (χ4v) is 1.91. The zero-order valence-electron chi connectivity index (χ0n) is 9.51. The maximum atomic E-state index is 13.8. The molecule has 0 fully saturated rings. The van der Waals surface area contributed by atoms with Crippen LogP contribution in [0.3, 0.4) is 0 Å². The Morgan fingerprint density at radius 1 is 1.40 bits per heavy atom. The molecule has 1 heterocycles.